The summed E-state index contributed by atoms with van der Waals surface area (Å²) < 4.78 is 0. The van der Waals surface area contributed by atoms with Crippen molar-refractivity contribution in [2.75, 3.05) is 19.6 Å². The zero-order chi connectivity index (χ0) is 10.2. The third-order valence-corrected chi connectivity index (χ3v) is 3.08. The molecule has 0 aromatic carbocycles. The van der Waals surface area contributed by atoms with Gasteiger partial charge >= 0.3 is 0 Å². The molecule has 0 amide bonds. The van der Waals surface area contributed by atoms with Crippen molar-refractivity contribution in [1.29, 1.82) is 0 Å². The van der Waals surface area contributed by atoms with E-state index in [9.17, 15) is 0 Å². The number of hydrogen-bond acceptors (Lipinski definition) is 2. The van der Waals surface area contributed by atoms with Crippen molar-refractivity contribution in [3.63, 3.8) is 0 Å². The standard InChI is InChI=1S/C11H26N2/c1-5-11(6-2,7-3)13-10-9-12-8-4/h12-13H,5-10H2,1-4H3. The van der Waals surface area contributed by atoms with Gasteiger partial charge in [0.05, 0.1) is 0 Å². The van der Waals surface area contributed by atoms with E-state index in [4.69, 9.17) is 0 Å². The number of nitrogens with one attached hydrogen (secondary N) is 2. The summed E-state index contributed by atoms with van der Waals surface area (Å²) in [5, 5.41) is 6.99. The summed E-state index contributed by atoms with van der Waals surface area (Å²) >= 11 is 0. The minimum absolute atomic E-state index is 0.384. The maximum absolute atomic E-state index is 3.65. The molecule has 0 rings (SSSR count). The second kappa shape index (κ2) is 7.34. The fourth-order valence-corrected chi connectivity index (χ4v) is 1.72. The lowest BCUT2D eigenvalue weighted by molar-refractivity contribution is 0.291. The molecule has 0 radical (unpaired) electrons. The molecule has 0 saturated carbocycles. The smallest absolute Gasteiger partial charge is 0.0174 e. The maximum Gasteiger partial charge on any atom is 0.0174 e. The van der Waals surface area contributed by atoms with Crippen molar-refractivity contribution in [2.45, 2.75) is 52.5 Å². The molecule has 0 aromatic heterocycles. The van der Waals surface area contributed by atoms with Crippen LogP contribution in [0.2, 0.25) is 0 Å². The third-order valence-electron chi connectivity index (χ3n) is 3.08. The van der Waals surface area contributed by atoms with Crippen LogP contribution < -0.4 is 10.6 Å². The molecule has 0 aliphatic carbocycles. The quantitative estimate of drug-likeness (QED) is 0.568. The van der Waals surface area contributed by atoms with E-state index in [0.29, 0.717) is 5.54 Å². The molecule has 80 valence electrons. The normalized spacial score (nSPS) is 12.0. The highest BCUT2D eigenvalue weighted by Crippen LogP contribution is 2.18. The largest absolute Gasteiger partial charge is 0.316 e. The molecule has 0 heterocycles. The lowest BCUT2D eigenvalue weighted by atomic mass is 9.90. The molecule has 2 N–H and O–H groups in total. The summed E-state index contributed by atoms with van der Waals surface area (Å²) in [6.45, 7) is 12.2. The SMILES string of the molecule is CCNCCNC(CC)(CC)CC. The van der Waals surface area contributed by atoms with E-state index >= 15 is 0 Å². The molecule has 0 bridgehead atoms. The van der Waals surface area contributed by atoms with Crippen LogP contribution in [0.3, 0.4) is 0 Å². The van der Waals surface area contributed by atoms with E-state index in [1.54, 1.807) is 0 Å². The van der Waals surface area contributed by atoms with Crippen LogP contribution in [0.4, 0.5) is 0 Å². The van der Waals surface area contributed by atoms with E-state index in [0.717, 1.165) is 19.6 Å². The molecule has 2 nitrogen and oxygen atoms in total. The summed E-state index contributed by atoms with van der Waals surface area (Å²) in [4.78, 5) is 0. The Morgan fingerprint density at radius 2 is 1.38 bits per heavy atom. The van der Waals surface area contributed by atoms with Crippen LogP contribution in [-0.4, -0.2) is 25.2 Å². The van der Waals surface area contributed by atoms with Gasteiger partial charge in [0.15, 0.2) is 0 Å². The van der Waals surface area contributed by atoms with Gasteiger partial charge in [-0.2, -0.15) is 0 Å². The van der Waals surface area contributed by atoms with Crippen LogP contribution in [-0.2, 0) is 0 Å². The number of hydrogen-bond donors (Lipinski definition) is 2. The summed E-state index contributed by atoms with van der Waals surface area (Å²) in [6, 6.07) is 0. The van der Waals surface area contributed by atoms with Crippen molar-refractivity contribution in [3.8, 4) is 0 Å². The molecule has 0 saturated heterocycles. The Hall–Kier alpha value is -0.0800. The van der Waals surface area contributed by atoms with Gasteiger partial charge in [-0.1, -0.05) is 27.7 Å². The highest BCUT2D eigenvalue weighted by Gasteiger charge is 2.21. The Morgan fingerprint density at radius 3 is 1.77 bits per heavy atom. The molecular weight excluding hydrogens is 160 g/mol. The first-order valence-corrected chi connectivity index (χ1v) is 5.70. The predicted octanol–water partition coefficient (Wildman–Crippen LogP) is 2.15. The van der Waals surface area contributed by atoms with E-state index in [2.05, 4.69) is 38.3 Å². The Bertz CT molecular complexity index is 100. The summed E-state index contributed by atoms with van der Waals surface area (Å²) in [7, 11) is 0. The van der Waals surface area contributed by atoms with Crippen molar-refractivity contribution in [2.24, 2.45) is 0 Å². The van der Waals surface area contributed by atoms with Gasteiger partial charge in [0, 0.05) is 18.6 Å². The second-order valence-electron chi connectivity index (χ2n) is 3.62. The Kier molecular flexibility index (Phi) is 7.29. The van der Waals surface area contributed by atoms with E-state index in [1.807, 2.05) is 0 Å². The topological polar surface area (TPSA) is 24.1 Å². The zero-order valence-electron chi connectivity index (χ0n) is 9.74. The van der Waals surface area contributed by atoms with Gasteiger partial charge < -0.3 is 10.6 Å². The molecule has 0 unspecified atom stereocenters. The van der Waals surface area contributed by atoms with Crippen LogP contribution in [0.25, 0.3) is 0 Å². The molecule has 0 atom stereocenters. The molecular formula is C11H26N2. The highest BCUT2D eigenvalue weighted by molar-refractivity contribution is 4.83. The van der Waals surface area contributed by atoms with Crippen LogP contribution in [0.1, 0.15) is 47.0 Å². The molecule has 13 heavy (non-hydrogen) atoms. The van der Waals surface area contributed by atoms with Gasteiger partial charge in [0.1, 0.15) is 0 Å². The lowest BCUT2D eigenvalue weighted by Crippen LogP contribution is -2.46. The molecule has 0 aromatic rings. The first kappa shape index (κ1) is 12.9. The Labute approximate surface area is 83.5 Å². The van der Waals surface area contributed by atoms with Gasteiger partial charge in [0.2, 0.25) is 0 Å². The second-order valence-corrected chi connectivity index (χ2v) is 3.62. The van der Waals surface area contributed by atoms with E-state index < -0.39 is 0 Å². The summed E-state index contributed by atoms with van der Waals surface area (Å²) in [6.07, 6.45) is 3.68. The number of likely N-dealkylation sites (N-methyl/N-ethyl adjacent to an activating group) is 1. The highest BCUT2D eigenvalue weighted by atomic mass is 15.0. The van der Waals surface area contributed by atoms with E-state index in [1.165, 1.54) is 19.3 Å². The van der Waals surface area contributed by atoms with Gasteiger partial charge in [-0.15, -0.1) is 0 Å². The van der Waals surface area contributed by atoms with Crippen LogP contribution in [0.5, 0.6) is 0 Å². The predicted molar refractivity (Wildman–Crippen MR) is 60.2 cm³/mol. The van der Waals surface area contributed by atoms with Gasteiger partial charge in [-0.05, 0) is 25.8 Å². The van der Waals surface area contributed by atoms with Crippen LogP contribution >= 0.6 is 0 Å². The minimum atomic E-state index is 0.384. The Morgan fingerprint density at radius 1 is 0.846 bits per heavy atom. The Balaban J connectivity index is 3.68. The molecule has 0 aliphatic rings. The van der Waals surface area contributed by atoms with Gasteiger partial charge in [-0.25, -0.2) is 0 Å². The number of rotatable bonds is 8. The van der Waals surface area contributed by atoms with Crippen LogP contribution in [0, 0.1) is 0 Å². The first-order chi connectivity index (χ1) is 6.24. The molecule has 0 fully saturated rings. The fraction of sp³-hybridized carbons (Fsp3) is 1.00. The maximum atomic E-state index is 3.65. The van der Waals surface area contributed by atoms with Gasteiger partial charge in [-0.3, -0.25) is 0 Å². The van der Waals surface area contributed by atoms with Crippen molar-refractivity contribution in [3.05, 3.63) is 0 Å². The third kappa shape index (κ3) is 4.63. The molecule has 0 aliphatic heterocycles. The zero-order valence-corrected chi connectivity index (χ0v) is 9.74. The average molecular weight is 186 g/mol. The first-order valence-electron chi connectivity index (χ1n) is 5.70. The van der Waals surface area contributed by atoms with Crippen molar-refractivity contribution < 1.29 is 0 Å². The van der Waals surface area contributed by atoms with Crippen LogP contribution in [0.15, 0.2) is 0 Å². The van der Waals surface area contributed by atoms with Crippen molar-refractivity contribution >= 4 is 0 Å². The molecule has 2 heteroatoms. The molecule has 0 spiro atoms. The monoisotopic (exact) mass is 186 g/mol. The average Bonchev–Trinajstić information content (AvgIpc) is 2.20. The summed E-state index contributed by atoms with van der Waals surface area (Å²) in [5.74, 6) is 0. The lowest BCUT2D eigenvalue weighted by Gasteiger charge is -2.32. The van der Waals surface area contributed by atoms with Crippen molar-refractivity contribution in [1.82, 2.24) is 10.6 Å². The minimum Gasteiger partial charge on any atom is -0.316 e. The fourth-order valence-electron chi connectivity index (χ4n) is 1.72. The summed E-state index contributed by atoms with van der Waals surface area (Å²) in [5.41, 5.74) is 0.384. The van der Waals surface area contributed by atoms with E-state index in [-0.39, 0.29) is 0 Å². The van der Waals surface area contributed by atoms with Gasteiger partial charge in [0.25, 0.3) is 0 Å².